The number of benzene rings is 3. The Bertz CT molecular complexity index is 2170. The Morgan fingerprint density at radius 2 is 1.14 bits per heavy atom. The molecule has 0 spiro atoms. The first-order valence-corrected chi connectivity index (χ1v) is 26.4. The van der Waals surface area contributed by atoms with Gasteiger partial charge in [-0.15, -0.1) is 0 Å². The quantitative estimate of drug-likeness (QED) is 0.0173. The summed E-state index contributed by atoms with van der Waals surface area (Å²) in [4.78, 5) is 60.0. The van der Waals surface area contributed by atoms with Crippen LogP contribution in [0.25, 0.3) is 34.8 Å². The highest BCUT2D eigenvalue weighted by atomic mass is 16.2. The van der Waals surface area contributed by atoms with Crippen LogP contribution in [0.1, 0.15) is 197 Å². The van der Waals surface area contributed by atoms with Crippen molar-refractivity contribution < 1.29 is 19.2 Å². The number of para-hydroxylation sites is 2. The molecule has 5 N–H and O–H groups in total. The van der Waals surface area contributed by atoms with Gasteiger partial charge in [-0.3, -0.25) is 19.2 Å². The van der Waals surface area contributed by atoms with Crippen molar-refractivity contribution in [3.05, 3.63) is 95.3 Å². The Balaban J connectivity index is 1.18. The van der Waals surface area contributed by atoms with Gasteiger partial charge in [0.25, 0.3) is 0 Å². The van der Waals surface area contributed by atoms with Crippen LogP contribution < -0.4 is 21.3 Å². The van der Waals surface area contributed by atoms with E-state index in [0.717, 1.165) is 65.7 Å². The number of fused-ring (bicyclic) bond motifs is 1. The standard InChI is InChI=1S/C58H81N7O4/c1-3-5-7-9-11-13-15-17-19-23-42-60-55(66)41-39-53(58(69)61-43-24-20-18-16-14-12-10-8-6-4-2)65-57(68)29-25-28-56(67)62-50-37-35-48(36-38-50)49(45-59)44-47-32-30-46(31-33-47)34-40-54-63-51-26-21-22-27-52(51)64-54/h21-22,26-27,30-38,40,44,53H,3-20,23-25,28-29,39,41-43H2,1-2H3,(H,60,66)(H,61,69)(H,62,67)(H,63,64)(H,65,68)/b40-34+,49-44-. The summed E-state index contributed by atoms with van der Waals surface area (Å²) in [7, 11) is 0. The maximum absolute atomic E-state index is 13.3. The number of nitrogens with one attached hydrogen (secondary N) is 5. The maximum Gasteiger partial charge on any atom is 0.242 e. The van der Waals surface area contributed by atoms with Crippen LogP contribution in [-0.2, 0) is 19.2 Å². The minimum absolute atomic E-state index is 0.0639. The fraction of sp³-hybridized carbons (Fsp3) is 0.517. The van der Waals surface area contributed by atoms with Gasteiger partial charge >= 0.3 is 0 Å². The van der Waals surface area contributed by atoms with Crippen LogP contribution >= 0.6 is 0 Å². The number of amides is 4. The first kappa shape index (κ1) is 55.6. The first-order valence-electron chi connectivity index (χ1n) is 26.4. The van der Waals surface area contributed by atoms with Gasteiger partial charge in [0.15, 0.2) is 0 Å². The fourth-order valence-corrected chi connectivity index (χ4v) is 8.33. The molecule has 0 aliphatic heterocycles. The summed E-state index contributed by atoms with van der Waals surface area (Å²) in [6.07, 6.45) is 30.8. The number of hydrogen-bond donors (Lipinski definition) is 5. The van der Waals surface area contributed by atoms with Gasteiger partial charge in [0, 0.05) is 38.0 Å². The molecule has 0 saturated heterocycles. The molecule has 69 heavy (non-hydrogen) atoms. The number of allylic oxidation sites excluding steroid dienone is 1. The normalized spacial score (nSPS) is 11.9. The van der Waals surface area contributed by atoms with Crippen molar-refractivity contribution in [1.29, 1.82) is 5.26 Å². The molecule has 11 heteroatoms. The Morgan fingerprint density at radius 3 is 1.74 bits per heavy atom. The average molecular weight is 940 g/mol. The van der Waals surface area contributed by atoms with Crippen molar-refractivity contribution in [2.75, 3.05) is 18.4 Å². The molecule has 11 nitrogen and oxygen atoms in total. The van der Waals surface area contributed by atoms with Gasteiger partial charge < -0.3 is 26.3 Å². The third-order valence-corrected chi connectivity index (χ3v) is 12.5. The molecule has 0 fully saturated rings. The lowest BCUT2D eigenvalue weighted by atomic mass is 10.0. The second kappa shape index (κ2) is 34.3. The van der Waals surface area contributed by atoms with Crippen LogP contribution in [0, 0.1) is 11.3 Å². The molecule has 1 aromatic heterocycles. The van der Waals surface area contributed by atoms with Gasteiger partial charge in [-0.05, 0) is 78.8 Å². The molecular weight excluding hydrogens is 859 g/mol. The van der Waals surface area contributed by atoms with E-state index in [1.54, 1.807) is 24.3 Å². The van der Waals surface area contributed by atoms with Gasteiger partial charge in [-0.1, -0.05) is 184 Å². The Hall–Kier alpha value is -6.02. The summed E-state index contributed by atoms with van der Waals surface area (Å²) in [6, 6.07) is 24.3. The van der Waals surface area contributed by atoms with Crippen molar-refractivity contribution in [3.63, 3.8) is 0 Å². The number of H-pyrrole nitrogens is 1. The summed E-state index contributed by atoms with van der Waals surface area (Å²) >= 11 is 0. The topological polar surface area (TPSA) is 169 Å². The molecule has 4 amide bonds. The van der Waals surface area contributed by atoms with Crippen molar-refractivity contribution in [1.82, 2.24) is 25.9 Å². The molecular formula is C58H81N7O4. The number of carbonyl (C=O) groups is 4. The number of aromatic nitrogens is 2. The number of hydrogen-bond acceptors (Lipinski definition) is 6. The van der Waals surface area contributed by atoms with Gasteiger partial charge in [0.05, 0.1) is 22.7 Å². The Kier molecular flexibility index (Phi) is 27.6. The summed E-state index contributed by atoms with van der Waals surface area (Å²) in [5.74, 6) is -0.197. The molecule has 372 valence electrons. The molecule has 4 aromatic rings. The van der Waals surface area contributed by atoms with Gasteiger partial charge in [-0.25, -0.2) is 4.98 Å². The zero-order valence-electron chi connectivity index (χ0n) is 41.9. The van der Waals surface area contributed by atoms with E-state index in [1.165, 1.54) is 96.3 Å². The number of nitriles is 1. The lowest BCUT2D eigenvalue weighted by molar-refractivity contribution is -0.130. The number of unbranched alkanes of at least 4 members (excludes halogenated alkanes) is 18. The maximum atomic E-state index is 13.3. The lowest BCUT2D eigenvalue weighted by Crippen LogP contribution is -2.47. The molecule has 1 unspecified atom stereocenters. The summed E-state index contributed by atoms with van der Waals surface area (Å²) in [6.45, 7) is 5.61. The van der Waals surface area contributed by atoms with Crippen molar-refractivity contribution in [3.8, 4) is 6.07 Å². The number of anilines is 1. The molecule has 0 aliphatic carbocycles. The van der Waals surface area contributed by atoms with E-state index in [4.69, 9.17) is 0 Å². The van der Waals surface area contributed by atoms with Crippen molar-refractivity contribution in [2.24, 2.45) is 0 Å². The fourth-order valence-electron chi connectivity index (χ4n) is 8.33. The Labute approximate surface area is 413 Å². The number of carbonyl (C=O) groups excluding carboxylic acids is 4. The second-order valence-electron chi connectivity index (χ2n) is 18.5. The molecule has 0 aliphatic rings. The molecule has 1 atom stereocenters. The van der Waals surface area contributed by atoms with E-state index in [0.29, 0.717) is 24.4 Å². The molecule has 0 saturated carbocycles. The summed E-state index contributed by atoms with van der Waals surface area (Å²) < 4.78 is 0. The van der Waals surface area contributed by atoms with Gasteiger partial charge in [0.1, 0.15) is 11.9 Å². The van der Waals surface area contributed by atoms with Gasteiger partial charge in [0.2, 0.25) is 23.6 Å². The van der Waals surface area contributed by atoms with E-state index < -0.39 is 6.04 Å². The molecule has 0 radical (unpaired) electrons. The zero-order chi connectivity index (χ0) is 49.2. The van der Waals surface area contributed by atoms with E-state index >= 15 is 0 Å². The SMILES string of the molecule is CCCCCCCCCCCCNC(=O)CCC(NC(=O)CCCC(=O)Nc1ccc(/C(C#N)=C\c2ccc(/C=C/c3nc4ccccc4[nH]3)cc2)cc1)C(=O)NCCCCCCCCCCCC. The highest BCUT2D eigenvalue weighted by Crippen LogP contribution is 2.22. The van der Waals surface area contributed by atoms with E-state index in [9.17, 15) is 24.4 Å². The van der Waals surface area contributed by atoms with Crippen molar-refractivity contribution >= 4 is 64.2 Å². The number of rotatable bonds is 36. The lowest BCUT2D eigenvalue weighted by Gasteiger charge is -2.18. The predicted molar refractivity (Wildman–Crippen MR) is 285 cm³/mol. The summed E-state index contributed by atoms with van der Waals surface area (Å²) in [5.41, 5.74) is 5.57. The van der Waals surface area contributed by atoms with E-state index in [-0.39, 0.29) is 55.7 Å². The van der Waals surface area contributed by atoms with Crippen LogP contribution in [0.3, 0.4) is 0 Å². The van der Waals surface area contributed by atoms with Crippen LogP contribution in [0.5, 0.6) is 0 Å². The van der Waals surface area contributed by atoms with Crippen LogP contribution in [-0.4, -0.2) is 52.7 Å². The predicted octanol–water partition coefficient (Wildman–Crippen LogP) is 13.2. The average Bonchev–Trinajstić information content (AvgIpc) is 3.78. The van der Waals surface area contributed by atoms with Crippen LogP contribution in [0.2, 0.25) is 0 Å². The molecule has 4 rings (SSSR count). The number of nitrogens with zero attached hydrogens (tertiary/aromatic N) is 2. The molecule has 0 bridgehead atoms. The highest BCUT2D eigenvalue weighted by molar-refractivity contribution is 5.93. The number of imidazole rings is 1. The monoisotopic (exact) mass is 940 g/mol. The highest BCUT2D eigenvalue weighted by Gasteiger charge is 2.22. The smallest absolute Gasteiger partial charge is 0.242 e. The van der Waals surface area contributed by atoms with Gasteiger partial charge in [-0.2, -0.15) is 5.26 Å². The molecule has 1 heterocycles. The van der Waals surface area contributed by atoms with E-state index in [1.807, 2.05) is 66.8 Å². The Morgan fingerprint density at radius 1 is 0.594 bits per heavy atom. The summed E-state index contributed by atoms with van der Waals surface area (Å²) in [5, 5.41) is 21.7. The van der Waals surface area contributed by atoms with E-state index in [2.05, 4.69) is 51.2 Å². The molecule has 3 aromatic carbocycles. The third kappa shape index (κ3) is 23.7. The largest absolute Gasteiger partial charge is 0.356 e. The second-order valence-corrected chi connectivity index (χ2v) is 18.5. The number of aromatic amines is 1. The third-order valence-electron chi connectivity index (χ3n) is 12.5. The zero-order valence-corrected chi connectivity index (χ0v) is 41.9. The van der Waals surface area contributed by atoms with Crippen LogP contribution in [0.4, 0.5) is 5.69 Å². The van der Waals surface area contributed by atoms with Crippen molar-refractivity contribution in [2.45, 2.75) is 180 Å². The minimum atomic E-state index is -0.834. The van der Waals surface area contributed by atoms with Crippen LogP contribution in [0.15, 0.2) is 72.8 Å². The minimum Gasteiger partial charge on any atom is -0.356 e. The first-order chi connectivity index (χ1) is 33.8.